The van der Waals surface area contributed by atoms with Crippen molar-refractivity contribution in [2.75, 3.05) is 6.61 Å². The minimum atomic E-state index is 0.618. The smallest absolute Gasteiger partial charge is 0.205 e. The standard InChI is InChI=1S/C19H30N4O/c1-14(2)17-9-5-4-7-16(8-6-10-17)13-24-23-18-11-15(3)12-20-19(18)21-22-23/h11-12,14,16-17H,4-10,13H2,1-3H3. The largest absolute Gasteiger partial charge is 0.395 e. The Labute approximate surface area is 144 Å². The van der Waals surface area contributed by atoms with E-state index >= 15 is 0 Å². The molecule has 2 heterocycles. The first-order valence-electron chi connectivity index (χ1n) is 9.45. The van der Waals surface area contributed by atoms with Crippen molar-refractivity contribution in [2.45, 2.75) is 65.7 Å². The van der Waals surface area contributed by atoms with Gasteiger partial charge in [0.25, 0.3) is 0 Å². The normalized spacial score (nSPS) is 23.0. The van der Waals surface area contributed by atoms with Gasteiger partial charge < -0.3 is 4.84 Å². The number of nitrogens with zero attached hydrogens (tertiary/aromatic N) is 4. The molecular weight excluding hydrogens is 300 g/mol. The third kappa shape index (κ3) is 4.25. The van der Waals surface area contributed by atoms with Gasteiger partial charge in [-0.25, -0.2) is 4.98 Å². The van der Waals surface area contributed by atoms with Gasteiger partial charge in [-0.3, -0.25) is 0 Å². The Kier molecular flexibility index (Phi) is 5.69. The molecule has 0 saturated heterocycles. The summed E-state index contributed by atoms with van der Waals surface area (Å²) in [5.41, 5.74) is 2.60. The highest BCUT2D eigenvalue weighted by molar-refractivity contribution is 5.69. The van der Waals surface area contributed by atoms with E-state index in [1.54, 1.807) is 4.85 Å². The molecule has 5 nitrogen and oxygen atoms in total. The van der Waals surface area contributed by atoms with Crippen molar-refractivity contribution in [2.24, 2.45) is 17.8 Å². The average molecular weight is 330 g/mol. The van der Waals surface area contributed by atoms with Crippen LogP contribution in [-0.4, -0.2) is 26.7 Å². The van der Waals surface area contributed by atoms with Gasteiger partial charge in [0.2, 0.25) is 5.65 Å². The summed E-state index contributed by atoms with van der Waals surface area (Å²) in [6, 6.07) is 2.03. The minimum absolute atomic E-state index is 0.618. The summed E-state index contributed by atoms with van der Waals surface area (Å²) in [7, 11) is 0. The number of fused-ring (bicyclic) bond motifs is 1. The van der Waals surface area contributed by atoms with Crippen LogP contribution >= 0.6 is 0 Å². The Morgan fingerprint density at radius 1 is 1.17 bits per heavy atom. The van der Waals surface area contributed by atoms with Crippen LogP contribution in [0.2, 0.25) is 0 Å². The first kappa shape index (κ1) is 17.2. The Morgan fingerprint density at radius 3 is 2.75 bits per heavy atom. The molecule has 24 heavy (non-hydrogen) atoms. The molecule has 1 saturated carbocycles. The molecule has 0 radical (unpaired) electrons. The van der Waals surface area contributed by atoms with Crippen molar-refractivity contribution in [3.63, 3.8) is 0 Å². The molecule has 2 aromatic rings. The molecule has 1 fully saturated rings. The molecule has 132 valence electrons. The highest BCUT2D eigenvalue weighted by Gasteiger charge is 2.19. The topological polar surface area (TPSA) is 52.8 Å². The lowest BCUT2D eigenvalue weighted by molar-refractivity contribution is 0.0551. The summed E-state index contributed by atoms with van der Waals surface area (Å²) in [6.07, 6.45) is 11.1. The summed E-state index contributed by atoms with van der Waals surface area (Å²) >= 11 is 0. The number of aryl methyl sites for hydroxylation is 1. The van der Waals surface area contributed by atoms with Crippen LogP contribution in [0.5, 0.6) is 0 Å². The highest BCUT2D eigenvalue weighted by atomic mass is 16.7. The first-order valence-corrected chi connectivity index (χ1v) is 9.45. The lowest BCUT2D eigenvalue weighted by atomic mass is 9.87. The molecule has 1 aliphatic carbocycles. The summed E-state index contributed by atoms with van der Waals surface area (Å²) in [5.74, 6) is 2.33. The lowest BCUT2D eigenvalue weighted by Crippen LogP contribution is -2.21. The van der Waals surface area contributed by atoms with E-state index < -0.39 is 0 Å². The van der Waals surface area contributed by atoms with Gasteiger partial charge in [0, 0.05) is 6.20 Å². The average Bonchev–Trinajstić information content (AvgIpc) is 2.99. The molecule has 2 unspecified atom stereocenters. The zero-order valence-electron chi connectivity index (χ0n) is 15.2. The third-order valence-corrected chi connectivity index (χ3v) is 5.41. The molecule has 0 amide bonds. The molecule has 2 atom stereocenters. The maximum absolute atomic E-state index is 5.97. The maximum Gasteiger partial charge on any atom is 0.205 e. The molecule has 0 spiro atoms. The van der Waals surface area contributed by atoms with Gasteiger partial charge in [0.05, 0.1) is 0 Å². The monoisotopic (exact) mass is 330 g/mol. The fourth-order valence-electron chi connectivity index (χ4n) is 3.80. The van der Waals surface area contributed by atoms with Crippen molar-refractivity contribution in [1.29, 1.82) is 0 Å². The lowest BCUT2D eigenvalue weighted by Gasteiger charge is -2.20. The van der Waals surface area contributed by atoms with Gasteiger partial charge in [-0.2, -0.15) is 0 Å². The van der Waals surface area contributed by atoms with E-state index in [2.05, 4.69) is 29.1 Å². The molecule has 1 aliphatic rings. The van der Waals surface area contributed by atoms with Crippen LogP contribution in [0.25, 0.3) is 11.2 Å². The molecule has 0 N–H and O–H groups in total. The van der Waals surface area contributed by atoms with Gasteiger partial charge in [0.1, 0.15) is 12.1 Å². The van der Waals surface area contributed by atoms with Crippen molar-refractivity contribution in [3.05, 3.63) is 17.8 Å². The second kappa shape index (κ2) is 7.95. The number of hydrogen-bond donors (Lipinski definition) is 0. The number of aromatic nitrogens is 4. The van der Waals surface area contributed by atoms with E-state index in [1.807, 2.05) is 19.2 Å². The number of pyridine rings is 1. The zero-order valence-corrected chi connectivity index (χ0v) is 15.2. The maximum atomic E-state index is 5.97. The van der Waals surface area contributed by atoms with Gasteiger partial charge in [0.15, 0.2) is 0 Å². The summed E-state index contributed by atoms with van der Waals surface area (Å²) < 4.78 is 0. The minimum Gasteiger partial charge on any atom is -0.395 e. The SMILES string of the molecule is Cc1cnc2nnn(OCC3CCCCC(C(C)C)CCC3)c2c1. The quantitative estimate of drug-likeness (QED) is 0.843. The third-order valence-electron chi connectivity index (χ3n) is 5.41. The second-order valence-electron chi connectivity index (χ2n) is 7.70. The van der Waals surface area contributed by atoms with E-state index in [1.165, 1.54) is 44.9 Å². The van der Waals surface area contributed by atoms with E-state index in [0.717, 1.165) is 29.5 Å². The van der Waals surface area contributed by atoms with Crippen LogP contribution in [0.3, 0.4) is 0 Å². The highest BCUT2D eigenvalue weighted by Crippen LogP contribution is 2.29. The van der Waals surface area contributed by atoms with Crippen molar-refractivity contribution < 1.29 is 4.84 Å². The second-order valence-corrected chi connectivity index (χ2v) is 7.70. The van der Waals surface area contributed by atoms with E-state index in [4.69, 9.17) is 4.84 Å². The van der Waals surface area contributed by atoms with Crippen molar-refractivity contribution in [3.8, 4) is 0 Å². The van der Waals surface area contributed by atoms with Gasteiger partial charge >= 0.3 is 0 Å². The Balaban J connectivity index is 1.58. The Hall–Kier alpha value is -1.65. The van der Waals surface area contributed by atoms with E-state index in [-0.39, 0.29) is 0 Å². The number of rotatable bonds is 4. The predicted octanol–water partition coefficient (Wildman–Crippen LogP) is 4.20. The molecular formula is C19H30N4O. The Bertz CT molecular complexity index is 652. The summed E-state index contributed by atoms with van der Waals surface area (Å²) in [4.78, 5) is 11.8. The molecule has 0 aliphatic heterocycles. The van der Waals surface area contributed by atoms with Crippen LogP contribution < -0.4 is 4.84 Å². The van der Waals surface area contributed by atoms with Crippen LogP contribution in [0, 0.1) is 24.7 Å². The van der Waals surface area contributed by atoms with Crippen LogP contribution in [0.1, 0.15) is 64.4 Å². The van der Waals surface area contributed by atoms with Crippen LogP contribution in [0.15, 0.2) is 12.3 Å². The van der Waals surface area contributed by atoms with Gasteiger partial charge in [-0.1, -0.05) is 50.8 Å². The molecule has 5 heteroatoms. The van der Waals surface area contributed by atoms with Crippen molar-refractivity contribution >= 4 is 11.2 Å². The fourth-order valence-corrected chi connectivity index (χ4v) is 3.80. The first-order chi connectivity index (χ1) is 11.6. The van der Waals surface area contributed by atoms with E-state index in [0.29, 0.717) is 11.6 Å². The predicted molar refractivity (Wildman–Crippen MR) is 95.6 cm³/mol. The van der Waals surface area contributed by atoms with Gasteiger partial charge in [-0.05, 0) is 54.4 Å². The van der Waals surface area contributed by atoms with Crippen LogP contribution in [-0.2, 0) is 0 Å². The van der Waals surface area contributed by atoms with Crippen LogP contribution in [0.4, 0.5) is 0 Å². The molecule has 2 aromatic heterocycles. The summed E-state index contributed by atoms with van der Waals surface area (Å²) in [6.45, 7) is 7.48. The molecule has 3 rings (SSSR count). The fraction of sp³-hybridized carbons (Fsp3) is 0.737. The summed E-state index contributed by atoms with van der Waals surface area (Å²) in [5, 5.41) is 8.18. The van der Waals surface area contributed by atoms with E-state index in [9.17, 15) is 0 Å². The number of hydrogen-bond acceptors (Lipinski definition) is 4. The molecule has 0 bridgehead atoms. The van der Waals surface area contributed by atoms with Crippen molar-refractivity contribution in [1.82, 2.24) is 20.1 Å². The Morgan fingerprint density at radius 2 is 1.92 bits per heavy atom. The molecule has 0 aromatic carbocycles. The zero-order chi connectivity index (χ0) is 16.9. The van der Waals surface area contributed by atoms with Gasteiger partial charge in [-0.15, -0.1) is 5.10 Å².